The smallest absolute Gasteiger partial charge is 0.305 e. The number of nitrogens with zero attached hydrogens (tertiary/aromatic N) is 2. The second-order valence-corrected chi connectivity index (χ2v) is 4.82. The van der Waals surface area contributed by atoms with E-state index in [-0.39, 0.29) is 6.02 Å². The Kier molecular flexibility index (Phi) is 6.48. The lowest BCUT2D eigenvalue weighted by atomic mass is 10.2. The monoisotopic (exact) mass is 341 g/mol. The third-order valence-corrected chi connectivity index (χ3v) is 3.28. The van der Waals surface area contributed by atoms with Gasteiger partial charge in [0.15, 0.2) is 11.5 Å². The molecule has 0 spiro atoms. The Morgan fingerprint density at radius 2 is 1.68 bits per heavy atom. The summed E-state index contributed by atoms with van der Waals surface area (Å²) < 4.78 is 21.5. The maximum absolute atomic E-state index is 8.83. The predicted octanol–water partition coefficient (Wildman–Crippen LogP) is 2.72. The first-order valence-corrected chi connectivity index (χ1v) is 7.44. The van der Waals surface area contributed by atoms with Crippen molar-refractivity contribution in [3.05, 3.63) is 48.0 Å². The molecule has 2 aromatic carbocycles. The number of ether oxygens (including phenoxy) is 4. The quantitative estimate of drug-likeness (QED) is 0.494. The molecular weight excluding hydrogens is 322 g/mol. The molecule has 0 amide bonds. The van der Waals surface area contributed by atoms with Gasteiger partial charge >= 0.3 is 6.02 Å². The summed E-state index contributed by atoms with van der Waals surface area (Å²) in [5.74, 6) is 2.18. The van der Waals surface area contributed by atoms with Crippen molar-refractivity contribution in [2.75, 3.05) is 21.3 Å². The zero-order chi connectivity index (χ0) is 18.1. The lowest BCUT2D eigenvalue weighted by Gasteiger charge is -2.15. The Labute approximate surface area is 146 Å². The van der Waals surface area contributed by atoms with Gasteiger partial charge in [-0.05, 0) is 29.8 Å². The number of hydrogen-bond donors (Lipinski definition) is 1. The van der Waals surface area contributed by atoms with Gasteiger partial charge in [-0.3, -0.25) is 0 Å². The summed E-state index contributed by atoms with van der Waals surface area (Å²) in [4.78, 5) is 3.66. The van der Waals surface area contributed by atoms with Crippen molar-refractivity contribution in [1.29, 1.82) is 5.26 Å². The molecule has 0 saturated carbocycles. The van der Waals surface area contributed by atoms with Crippen LogP contribution in [0.15, 0.2) is 47.5 Å². The zero-order valence-corrected chi connectivity index (χ0v) is 14.3. The van der Waals surface area contributed by atoms with Crippen LogP contribution >= 0.6 is 0 Å². The second kappa shape index (κ2) is 9.03. The second-order valence-electron chi connectivity index (χ2n) is 4.82. The molecule has 130 valence electrons. The number of nitrogens with one attached hydrogen (secondary N) is 1. The van der Waals surface area contributed by atoms with Crippen LogP contribution in [0.3, 0.4) is 0 Å². The topological polar surface area (TPSA) is 85.1 Å². The van der Waals surface area contributed by atoms with Gasteiger partial charge in [-0.15, -0.1) is 4.99 Å². The van der Waals surface area contributed by atoms with Crippen LogP contribution in [0.4, 0.5) is 0 Å². The highest BCUT2D eigenvalue weighted by atomic mass is 16.5. The molecule has 0 aromatic heterocycles. The average molecular weight is 341 g/mol. The summed E-state index contributed by atoms with van der Waals surface area (Å²) in [5.41, 5.74) is 0.844. The van der Waals surface area contributed by atoms with Crippen LogP contribution in [-0.4, -0.2) is 27.4 Å². The zero-order valence-electron chi connectivity index (χ0n) is 14.3. The van der Waals surface area contributed by atoms with Crippen LogP contribution in [0.25, 0.3) is 0 Å². The minimum atomic E-state index is 0.0995. The van der Waals surface area contributed by atoms with Crippen molar-refractivity contribution in [1.82, 2.24) is 5.32 Å². The van der Waals surface area contributed by atoms with E-state index >= 15 is 0 Å². The molecule has 0 unspecified atom stereocenters. The molecule has 0 saturated heterocycles. The van der Waals surface area contributed by atoms with E-state index in [1.165, 1.54) is 0 Å². The summed E-state index contributed by atoms with van der Waals surface area (Å²) >= 11 is 0. The number of methoxy groups -OCH3 is 3. The van der Waals surface area contributed by atoms with E-state index in [1.807, 2.05) is 18.2 Å². The molecule has 0 aliphatic heterocycles. The Balaban J connectivity index is 2.15. The van der Waals surface area contributed by atoms with Crippen molar-refractivity contribution in [3.63, 3.8) is 0 Å². The van der Waals surface area contributed by atoms with E-state index in [2.05, 4.69) is 10.3 Å². The number of para-hydroxylation sites is 1. The summed E-state index contributed by atoms with van der Waals surface area (Å²) in [6, 6.07) is 12.8. The van der Waals surface area contributed by atoms with Gasteiger partial charge in [0.05, 0.1) is 21.3 Å². The van der Waals surface area contributed by atoms with Crippen molar-refractivity contribution < 1.29 is 18.9 Å². The fourth-order valence-corrected chi connectivity index (χ4v) is 2.16. The Morgan fingerprint density at radius 3 is 2.20 bits per heavy atom. The molecule has 25 heavy (non-hydrogen) atoms. The largest absolute Gasteiger partial charge is 0.493 e. The minimum absolute atomic E-state index is 0.0995. The SMILES string of the molecule is COc1cc(CN/C(=N/C#N)Oc2ccccc2)cc(OC)c1OC. The van der Waals surface area contributed by atoms with Crippen LogP contribution in [0.1, 0.15) is 5.56 Å². The molecule has 7 heteroatoms. The highest BCUT2D eigenvalue weighted by molar-refractivity contribution is 5.77. The predicted molar refractivity (Wildman–Crippen MR) is 93.1 cm³/mol. The van der Waals surface area contributed by atoms with E-state index in [0.717, 1.165) is 5.56 Å². The highest BCUT2D eigenvalue weighted by Gasteiger charge is 2.13. The maximum Gasteiger partial charge on any atom is 0.305 e. The molecule has 0 atom stereocenters. The van der Waals surface area contributed by atoms with Gasteiger partial charge in [-0.1, -0.05) is 18.2 Å². The molecule has 0 aliphatic rings. The maximum atomic E-state index is 8.83. The van der Waals surface area contributed by atoms with Crippen LogP contribution < -0.4 is 24.3 Å². The van der Waals surface area contributed by atoms with Crippen LogP contribution in [0, 0.1) is 11.5 Å². The van der Waals surface area contributed by atoms with Gasteiger partial charge in [0.2, 0.25) is 11.9 Å². The first-order chi connectivity index (χ1) is 12.2. The minimum Gasteiger partial charge on any atom is -0.493 e. The lowest BCUT2D eigenvalue weighted by Crippen LogP contribution is -2.28. The Bertz CT molecular complexity index is 745. The molecule has 0 aliphatic carbocycles. The van der Waals surface area contributed by atoms with Gasteiger partial charge in [0.1, 0.15) is 5.75 Å². The number of benzene rings is 2. The highest BCUT2D eigenvalue weighted by Crippen LogP contribution is 2.38. The van der Waals surface area contributed by atoms with Gasteiger partial charge in [-0.2, -0.15) is 5.26 Å². The molecule has 2 rings (SSSR count). The number of rotatable bonds is 6. The third kappa shape index (κ3) is 4.78. The van der Waals surface area contributed by atoms with Crippen molar-refractivity contribution in [2.45, 2.75) is 6.54 Å². The lowest BCUT2D eigenvalue weighted by molar-refractivity contribution is 0.323. The third-order valence-electron chi connectivity index (χ3n) is 3.28. The van der Waals surface area contributed by atoms with Crippen molar-refractivity contribution in [3.8, 4) is 29.2 Å². The van der Waals surface area contributed by atoms with Crippen molar-refractivity contribution >= 4 is 6.02 Å². The number of hydrogen-bond acceptors (Lipinski definition) is 6. The van der Waals surface area contributed by atoms with E-state index in [0.29, 0.717) is 29.5 Å². The molecule has 1 N–H and O–H groups in total. The number of aliphatic imine (C=N–C) groups is 1. The van der Waals surface area contributed by atoms with Gasteiger partial charge < -0.3 is 24.3 Å². The molecular formula is C18H19N3O4. The van der Waals surface area contributed by atoms with Crippen LogP contribution in [-0.2, 0) is 6.54 Å². The van der Waals surface area contributed by atoms with Crippen LogP contribution in [0.5, 0.6) is 23.0 Å². The summed E-state index contributed by atoms with van der Waals surface area (Å²) in [7, 11) is 4.65. The van der Waals surface area contributed by atoms with E-state index < -0.39 is 0 Å². The van der Waals surface area contributed by atoms with E-state index in [4.69, 9.17) is 24.2 Å². The molecule has 7 nitrogen and oxygen atoms in total. The van der Waals surface area contributed by atoms with Gasteiger partial charge in [0.25, 0.3) is 0 Å². The standard InChI is InChI=1S/C18H19N3O4/c1-22-15-9-13(10-16(23-2)17(15)24-3)11-20-18(21-12-19)25-14-7-5-4-6-8-14/h4-10H,11H2,1-3H3,(H,20,21). The van der Waals surface area contributed by atoms with Crippen LogP contribution in [0.2, 0.25) is 0 Å². The van der Waals surface area contributed by atoms with E-state index in [9.17, 15) is 0 Å². The average Bonchev–Trinajstić information content (AvgIpc) is 2.66. The molecule has 2 aromatic rings. The number of nitriles is 1. The normalized spacial score (nSPS) is 10.6. The molecule has 0 bridgehead atoms. The van der Waals surface area contributed by atoms with Gasteiger partial charge in [-0.25, -0.2) is 0 Å². The summed E-state index contributed by atoms with van der Waals surface area (Å²) in [6.45, 7) is 0.351. The fraction of sp³-hybridized carbons (Fsp3) is 0.222. The summed E-state index contributed by atoms with van der Waals surface area (Å²) in [6.07, 6.45) is 1.72. The first-order valence-electron chi connectivity index (χ1n) is 7.44. The van der Waals surface area contributed by atoms with Crippen molar-refractivity contribution in [2.24, 2.45) is 4.99 Å². The Hall–Kier alpha value is -3.40. The molecule has 0 fully saturated rings. The van der Waals surface area contributed by atoms with E-state index in [1.54, 1.807) is 51.8 Å². The summed E-state index contributed by atoms with van der Waals surface area (Å²) in [5, 5.41) is 11.8. The number of amidine groups is 1. The first kappa shape index (κ1) is 17.9. The Morgan fingerprint density at radius 1 is 1.04 bits per heavy atom. The molecule has 0 radical (unpaired) electrons. The van der Waals surface area contributed by atoms with Gasteiger partial charge in [0, 0.05) is 6.54 Å². The fourth-order valence-electron chi connectivity index (χ4n) is 2.16. The molecule has 0 heterocycles.